The highest BCUT2D eigenvalue weighted by Gasteiger charge is 2.55. The molecule has 2 saturated heterocycles. The summed E-state index contributed by atoms with van der Waals surface area (Å²) in [5.41, 5.74) is 0. The molecule has 0 saturated carbocycles. The molecule has 2 aliphatic rings. The largest absolute Gasteiger partial charge is 0.465 e. The number of carbonyl (C=O) groups is 3. The number of hydrogen-bond acceptors (Lipinski definition) is 4. The molecule has 7 nitrogen and oxygen atoms in total. The van der Waals surface area contributed by atoms with Crippen molar-refractivity contribution in [3.63, 3.8) is 0 Å². The Labute approximate surface area is 137 Å². The zero-order valence-electron chi connectivity index (χ0n) is 14.4. The lowest BCUT2D eigenvalue weighted by Crippen LogP contribution is -2.66. The van der Waals surface area contributed by atoms with Crippen LogP contribution in [0.3, 0.4) is 0 Å². The van der Waals surface area contributed by atoms with E-state index in [1.807, 2.05) is 0 Å². The van der Waals surface area contributed by atoms with E-state index in [2.05, 4.69) is 39.2 Å². The average molecular weight is 342 g/mol. The first-order valence-corrected chi connectivity index (χ1v) is 10.8. The van der Waals surface area contributed by atoms with Gasteiger partial charge in [0.1, 0.15) is 6.04 Å². The minimum Gasteiger partial charge on any atom is -0.465 e. The maximum absolute atomic E-state index is 12.2. The summed E-state index contributed by atoms with van der Waals surface area (Å²) in [5.74, 6) is -0.471. The summed E-state index contributed by atoms with van der Waals surface area (Å²) in [4.78, 5) is 36.0. The van der Waals surface area contributed by atoms with Crippen molar-refractivity contribution in [3.8, 4) is 0 Å². The van der Waals surface area contributed by atoms with Crippen molar-refractivity contribution in [2.45, 2.75) is 57.4 Å². The van der Waals surface area contributed by atoms with Crippen LogP contribution in [0, 0.1) is 5.92 Å². The molecule has 2 aliphatic heterocycles. The highest BCUT2D eigenvalue weighted by atomic mass is 28.4. The monoisotopic (exact) mass is 342 g/mol. The Balaban J connectivity index is 1.89. The fourth-order valence-electron chi connectivity index (χ4n) is 2.80. The third-order valence-electron chi connectivity index (χ3n) is 5.33. The van der Waals surface area contributed by atoms with Gasteiger partial charge in [0, 0.05) is 18.9 Å². The highest BCUT2D eigenvalue weighted by Crippen LogP contribution is 2.37. The summed E-state index contributed by atoms with van der Waals surface area (Å²) in [6.45, 7) is 10.8. The van der Waals surface area contributed by atoms with E-state index in [9.17, 15) is 14.4 Å². The number of amides is 2. The topological polar surface area (TPSA) is 95.9 Å². The molecule has 0 unspecified atom stereocenters. The lowest BCUT2D eigenvalue weighted by Gasteiger charge is -2.36. The summed E-state index contributed by atoms with van der Waals surface area (Å²) >= 11 is 0. The Morgan fingerprint density at radius 1 is 1.39 bits per heavy atom. The van der Waals surface area contributed by atoms with E-state index in [4.69, 9.17) is 9.53 Å². The number of rotatable bonds is 5. The number of carboxylic acid groups (broad SMARTS) is 1. The molecule has 0 radical (unpaired) electrons. The molecule has 2 heterocycles. The predicted octanol–water partition coefficient (Wildman–Crippen LogP) is 1.44. The van der Waals surface area contributed by atoms with Gasteiger partial charge in [0.2, 0.25) is 5.91 Å². The van der Waals surface area contributed by atoms with Crippen LogP contribution in [0.1, 0.15) is 27.2 Å². The summed E-state index contributed by atoms with van der Waals surface area (Å²) < 4.78 is 5.91. The van der Waals surface area contributed by atoms with Crippen molar-refractivity contribution >= 4 is 26.1 Å². The van der Waals surface area contributed by atoms with Crippen LogP contribution in [0.15, 0.2) is 0 Å². The Morgan fingerprint density at radius 2 is 2.00 bits per heavy atom. The molecule has 23 heavy (non-hydrogen) atoms. The number of Topliss-reactive ketones (excluding diaryl/α,β-unsaturated/α-hetero) is 1. The minimum absolute atomic E-state index is 0.0352. The van der Waals surface area contributed by atoms with E-state index in [1.54, 1.807) is 0 Å². The van der Waals surface area contributed by atoms with Crippen molar-refractivity contribution in [2.24, 2.45) is 5.92 Å². The predicted molar refractivity (Wildman–Crippen MR) is 86.7 cm³/mol. The molecule has 3 atom stereocenters. The molecule has 0 aromatic rings. The molecular weight excluding hydrogens is 316 g/mol. The lowest BCUT2D eigenvalue weighted by atomic mass is 9.88. The smallest absolute Gasteiger partial charge is 0.408 e. The van der Waals surface area contributed by atoms with Crippen LogP contribution in [0.5, 0.6) is 0 Å². The molecule has 0 aliphatic carbocycles. The molecular formula is C15H26N2O5Si. The van der Waals surface area contributed by atoms with E-state index < -0.39 is 20.5 Å². The van der Waals surface area contributed by atoms with Crippen molar-refractivity contribution in [3.05, 3.63) is 0 Å². The molecule has 130 valence electrons. The van der Waals surface area contributed by atoms with Crippen LogP contribution in [-0.4, -0.2) is 61.3 Å². The van der Waals surface area contributed by atoms with Gasteiger partial charge in [-0.2, -0.15) is 0 Å². The zero-order chi connectivity index (χ0) is 17.6. The van der Waals surface area contributed by atoms with E-state index in [0.29, 0.717) is 0 Å². The third kappa shape index (κ3) is 3.42. The van der Waals surface area contributed by atoms with Crippen molar-refractivity contribution < 1.29 is 23.9 Å². The SMILES string of the molecule is CC(C)(C)[Si](C)(C)OCC(=O)C[C@@H]1CN(C(=O)O)[C@@H]2C(=O)N[C@H]12. The number of likely N-dealkylation sites (tertiary alicyclic amines) is 1. The van der Waals surface area contributed by atoms with Gasteiger partial charge in [-0.3, -0.25) is 14.5 Å². The molecule has 0 bridgehead atoms. The number of β-lactam (4-membered cyclic amide) rings is 1. The van der Waals surface area contributed by atoms with Crippen molar-refractivity contribution in [1.82, 2.24) is 10.2 Å². The number of nitrogens with zero attached hydrogens (tertiary/aromatic N) is 1. The Hall–Kier alpha value is -1.41. The van der Waals surface area contributed by atoms with Gasteiger partial charge in [-0.05, 0) is 18.1 Å². The normalized spacial score (nSPS) is 27.3. The first-order valence-electron chi connectivity index (χ1n) is 7.89. The van der Waals surface area contributed by atoms with E-state index >= 15 is 0 Å². The second-order valence-corrected chi connectivity index (χ2v) is 12.8. The number of nitrogens with one attached hydrogen (secondary N) is 1. The van der Waals surface area contributed by atoms with Crippen LogP contribution >= 0.6 is 0 Å². The van der Waals surface area contributed by atoms with Gasteiger partial charge in [-0.1, -0.05) is 20.8 Å². The van der Waals surface area contributed by atoms with Gasteiger partial charge < -0.3 is 14.8 Å². The lowest BCUT2D eigenvalue weighted by molar-refractivity contribution is -0.134. The number of ketones is 1. The van der Waals surface area contributed by atoms with E-state index in [1.165, 1.54) is 0 Å². The maximum atomic E-state index is 12.2. The molecule has 2 amide bonds. The van der Waals surface area contributed by atoms with E-state index in [0.717, 1.165) is 4.90 Å². The van der Waals surface area contributed by atoms with Gasteiger partial charge in [-0.25, -0.2) is 4.79 Å². The molecule has 0 aromatic carbocycles. The van der Waals surface area contributed by atoms with Crippen LogP contribution in [0.2, 0.25) is 18.1 Å². The average Bonchev–Trinajstić information content (AvgIpc) is 2.68. The Kier molecular flexibility index (Phi) is 4.60. The maximum Gasteiger partial charge on any atom is 0.408 e. The summed E-state index contributed by atoms with van der Waals surface area (Å²) in [6, 6.07) is -0.873. The zero-order valence-corrected chi connectivity index (χ0v) is 15.4. The summed E-state index contributed by atoms with van der Waals surface area (Å²) in [7, 11) is -1.98. The van der Waals surface area contributed by atoms with Crippen LogP contribution in [-0.2, 0) is 14.0 Å². The van der Waals surface area contributed by atoms with Gasteiger partial charge >= 0.3 is 6.09 Å². The second-order valence-electron chi connectivity index (χ2n) is 7.97. The van der Waals surface area contributed by atoms with Gasteiger partial charge in [-0.15, -0.1) is 0 Å². The third-order valence-corrected chi connectivity index (χ3v) is 9.81. The number of hydrogen-bond donors (Lipinski definition) is 2. The quantitative estimate of drug-likeness (QED) is 0.582. The standard InChI is InChI=1S/C15H26N2O5Si/c1-15(2,3)23(4,5)22-8-10(18)6-9-7-17(14(20)21)12-11(9)16-13(12)19/h9,11-12H,6-8H2,1-5H3,(H,16,19)(H,20,21)/t9-,11-,12+/m1/s1. The number of fused-ring (bicyclic) bond motifs is 1. The van der Waals surface area contributed by atoms with E-state index in [-0.39, 0.29) is 48.3 Å². The minimum atomic E-state index is -1.98. The molecule has 0 aromatic heterocycles. The Morgan fingerprint density at radius 3 is 2.43 bits per heavy atom. The molecule has 2 N–H and O–H groups in total. The van der Waals surface area contributed by atoms with Crippen molar-refractivity contribution in [1.29, 1.82) is 0 Å². The second kappa shape index (κ2) is 5.90. The van der Waals surface area contributed by atoms with Crippen molar-refractivity contribution in [2.75, 3.05) is 13.2 Å². The van der Waals surface area contributed by atoms with Crippen LogP contribution in [0.25, 0.3) is 0 Å². The fourth-order valence-corrected chi connectivity index (χ4v) is 3.76. The summed E-state index contributed by atoms with van der Waals surface area (Å²) in [6.07, 6.45) is -0.873. The first-order chi connectivity index (χ1) is 10.4. The first kappa shape index (κ1) is 17.9. The van der Waals surface area contributed by atoms with Gasteiger partial charge in [0.25, 0.3) is 0 Å². The fraction of sp³-hybridized carbons (Fsp3) is 0.800. The van der Waals surface area contributed by atoms with Gasteiger partial charge in [0.05, 0.1) is 12.6 Å². The molecule has 0 spiro atoms. The molecule has 2 rings (SSSR count). The number of carbonyl (C=O) groups excluding carboxylic acids is 2. The molecule has 2 fully saturated rings. The summed E-state index contributed by atoms with van der Waals surface area (Å²) in [5, 5.41) is 11.9. The highest BCUT2D eigenvalue weighted by molar-refractivity contribution is 6.74. The molecule has 8 heteroatoms. The Bertz CT molecular complexity index is 520. The van der Waals surface area contributed by atoms with Crippen LogP contribution < -0.4 is 5.32 Å². The van der Waals surface area contributed by atoms with Crippen LogP contribution in [0.4, 0.5) is 4.79 Å². The van der Waals surface area contributed by atoms with Gasteiger partial charge in [0.15, 0.2) is 14.1 Å².